The minimum atomic E-state index is -3.67. The van der Waals surface area contributed by atoms with Crippen molar-refractivity contribution in [1.29, 1.82) is 0 Å². The lowest BCUT2D eigenvalue weighted by atomic mass is 9.97. The largest absolute Gasteiger partial charge is 0.478 e. The Balaban J connectivity index is 2.17. The molecule has 0 unspecified atom stereocenters. The summed E-state index contributed by atoms with van der Waals surface area (Å²) < 4.78 is 26.7. The van der Waals surface area contributed by atoms with Gasteiger partial charge in [-0.15, -0.1) is 0 Å². The van der Waals surface area contributed by atoms with E-state index in [0.29, 0.717) is 18.0 Å². The molecule has 1 aromatic carbocycles. The van der Waals surface area contributed by atoms with E-state index in [1.807, 2.05) is 0 Å². The van der Waals surface area contributed by atoms with Gasteiger partial charge in [0.05, 0.1) is 10.5 Å². The van der Waals surface area contributed by atoms with Crippen LogP contribution in [0.25, 0.3) is 0 Å². The normalized spacial score (nSPS) is 17.6. The van der Waals surface area contributed by atoms with Crippen LogP contribution in [-0.4, -0.2) is 62.4 Å². The molecule has 0 radical (unpaired) electrons. The fraction of sp³-hybridized carbons (Fsp3) is 0.562. The standard InChI is InChI=1S/C16H24N2O4S/c1-12-4-5-14(10-15(12)16(19)20)23(21,22)18(3)11-13-6-8-17(2)9-7-13/h4-5,10,13H,6-9,11H2,1-3H3,(H,19,20). The van der Waals surface area contributed by atoms with Crippen LogP contribution in [0.1, 0.15) is 28.8 Å². The SMILES string of the molecule is Cc1ccc(S(=O)(=O)N(C)CC2CCN(C)CC2)cc1C(=O)O. The number of hydrogen-bond donors (Lipinski definition) is 1. The van der Waals surface area contributed by atoms with Gasteiger partial charge in [0.2, 0.25) is 10.0 Å². The highest BCUT2D eigenvalue weighted by Crippen LogP contribution is 2.22. The van der Waals surface area contributed by atoms with E-state index in [9.17, 15) is 13.2 Å². The van der Waals surface area contributed by atoms with E-state index in [2.05, 4.69) is 11.9 Å². The summed E-state index contributed by atoms with van der Waals surface area (Å²) in [6.45, 7) is 4.08. The summed E-state index contributed by atoms with van der Waals surface area (Å²) in [5, 5.41) is 9.17. The van der Waals surface area contributed by atoms with Crippen LogP contribution in [0.5, 0.6) is 0 Å². The summed E-state index contributed by atoms with van der Waals surface area (Å²) >= 11 is 0. The van der Waals surface area contributed by atoms with Crippen molar-refractivity contribution in [3.8, 4) is 0 Å². The molecule has 1 aromatic rings. The molecular formula is C16H24N2O4S. The number of sulfonamides is 1. The van der Waals surface area contributed by atoms with Crippen molar-refractivity contribution in [2.75, 3.05) is 33.7 Å². The van der Waals surface area contributed by atoms with Crippen LogP contribution in [0.3, 0.4) is 0 Å². The van der Waals surface area contributed by atoms with Gasteiger partial charge >= 0.3 is 5.97 Å². The predicted octanol–water partition coefficient (Wildman–Crippen LogP) is 1.66. The third-order valence-electron chi connectivity index (χ3n) is 4.50. The minimum absolute atomic E-state index is 0.0266. The second kappa shape index (κ2) is 6.98. The van der Waals surface area contributed by atoms with Crippen LogP contribution < -0.4 is 0 Å². The van der Waals surface area contributed by atoms with Gasteiger partial charge in [-0.05, 0) is 63.5 Å². The molecule has 1 aliphatic heterocycles. The zero-order chi connectivity index (χ0) is 17.2. The van der Waals surface area contributed by atoms with Crippen LogP contribution in [0.15, 0.2) is 23.1 Å². The second-order valence-electron chi connectivity index (χ2n) is 6.31. The molecule has 0 amide bonds. The number of likely N-dealkylation sites (tertiary alicyclic amines) is 1. The van der Waals surface area contributed by atoms with Gasteiger partial charge in [-0.2, -0.15) is 0 Å². The van der Waals surface area contributed by atoms with Gasteiger partial charge in [0.25, 0.3) is 0 Å². The number of nitrogens with zero attached hydrogens (tertiary/aromatic N) is 2. The molecule has 1 heterocycles. The van der Waals surface area contributed by atoms with Crippen LogP contribution in [0.4, 0.5) is 0 Å². The summed E-state index contributed by atoms with van der Waals surface area (Å²) in [6.07, 6.45) is 1.95. The summed E-state index contributed by atoms with van der Waals surface area (Å²) in [4.78, 5) is 13.5. The zero-order valence-corrected chi connectivity index (χ0v) is 14.6. The van der Waals surface area contributed by atoms with Crippen LogP contribution in [0.2, 0.25) is 0 Å². The van der Waals surface area contributed by atoms with Crippen molar-refractivity contribution in [2.24, 2.45) is 5.92 Å². The molecule has 0 aromatic heterocycles. The summed E-state index contributed by atoms with van der Waals surface area (Å²) in [5.41, 5.74) is 0.577. The van der Waals surface area contributed by atoms with Crippen LogP contribution in [-0.2, 0) is 10.0 Å². The first-order valence-electron chi connectivity index (χ1n) is 7.70. The van der Waals surface area contributed by atoms with E-state index in [0.717, 1.165) is 25.9 Å². The van der Waals surface area contributed by atoms with E-state index >= 15 is 0 Å². The number of carbonyl (C=O) groups is 1. The molecule has 0 spiro atoms. The Kier molecular flexibility index (Phi) is 5.44. The third-order valence-corrected chi connectivity index (χ3v) is 6.32. The lowest BCUT2D eigenvalue weighted by Gasteiger charge is -2.31. The first-order valence-corrected chi connectivity index (χ1v) is 9.14. The summed E-state index contributed by atoms with van der Waals surface area (Å²) in [7, 11) is -0.0389. The van der Waals surface area contributed by atoms with Gasteiger partial charge in [-0.25, -0.2) is 17.5 Å². The maximum Gasteiger partial charge on any atom is 0.335 e. The van der Waals surface area contributed by atoms with E-state index < -0.39 is 16.0 Å². The highest BCUT2D eigenvalue weighted by Gasteiger charge is 2.26. The molecule has 23 heavy (non-hydrogen) atoms. The molecule has 1 fully saturated rings. The molecule has 2 rings (SSSR count). The molecule has 0 bridgehead atoms. The fourth-order valence-electron chi connectivity index (χ4n) is 2.88. The number of piperidine rings is 1. The van der Waals surface area contributed by atoms with E-state index in [4.69, 9.17) is 5.11 Å². The Bertz CT molecular complexity index is 679. The smallest absolute Gasteiger partial charge is 0.335 e. The Labute approximate surface area is 137 Å². The number of aromatic carboxylic acids is 1. The number of aryl methyl sites for hydroxylation is 1. The molecule has 1 aliphatic rings. The number of carboxylic acid groups (broad SMARTS) is 1. The molecule has 0 atom stereocenters. The topological polar surface area (TPSA) is 77.9 Å². The lowest BCUT2D eigenvalue weighted by Crippen LogP contribution is -2.38. The number of hydrogen-bond acceptors (Lipinski definition) is 4. The van der Waals surface area contributed by atoms with Crippen molar-refractivity contribution in [3.05, 3.63) is 29.3 Å². The van der Waals surface area contributed by atoms with Gasteiger partial charge < -0.3 is 10.0 Å². The van der Waals surface area contributed by atoms with Crippen molar-refractivity contribution in [1.82, 2.24) is 9.21 Å². The Morgan fingerprint density at radius 3 is 2.52 bits per heavy atom. The predicted molar refractivity (Wildman–Crippen MR) is 88.2 cm³/mol. The molecule has 0 saturated carbocycles. The van der Waals surface area contributed by atoms with Crippen molar-refractivity contribution in [2.45, 2.75) is 24.7 Å². The Hall–Kier alpha value is -1.44. The highest BCUT2D eigenvalue weighted by atomic mass is 32.2. The van der Waals surface area contributed by atoms with Gasteiger partial charge in [-0.3, -0.25) is 0 Å². The van der Waals surface area contributed by atoms with Crippen molar-refractivity contribution in [3.63, 3.8) is 0 Å². The maximum absolute atomic E-state index is 12.7. The van der Waals surface area contributed by atoms with Crippen molar-refractivity contribution < 1.29 is 18.3 Å². The molecular weight excluding hydrogens is 316 g/mol. The summed E-state index contributed by atoms with van der Waals surface area (Å²) in [5.74, 6) is -0.770. The first-order chi connectivity index (χ1) is 10.7. The zero-order valence-electron chi connectivity index (χ0n) is 13.8. The van der Waals surface area contributed by atoms with Crippen molar-refractivity contribution >= 4 is 16.0 Å². The van der Waals surface area contributed by atoms with Gasteiger partial charge in [0.15, 0.2) is 0 Å². The summed E-state index contributed by atoms with van der Waals surface area (Å²) in [6, 6.07) is 4.26. The van der Waals surface area contributed by atoms with Gasteiger partial charge in [0, 0.05) is 13.6 Å². The molecule has 6 nitrogen and oxygen atoms in total. The first kappa shape index (κ1) is 17.9. The van der Waals surface area contributed by atoms with Crippen LogP contribution >= 0.6 is 0 Å². The second-order valence-corrected chi connectivity index (χ2v) is 8.36. The van der Waals surface area contributed by atoms with E-state index in [-0.39, 0.29) is 10.5 Å². The molecule has 1 saturated heterocycles. The van der Waals surface area contributed by atoms with Gasteiger partial charge in [-0.1, -0.05) is 6.07 Å². The maximum atomic E-state index is 12.7. The Morgan fingerprint density at radius 2 is 1.96 bits per heavy atom. The monoisotopic (exact) mass is 340 g/mol. The molecule has 128 valence electrons. The number of rotatable bonds is 5. The number of carboxylic acids is 1. The molecule has 7 heteroatoms. The highest BCUT2D eigenvalue weighted by molar-refractivity contribution is 7.89. The van der Waals surface area contributed by atoms with E-state index in [1.165, 1.54) is 16.4 Å². The molecule has 1 N–H and O–H groups in total. The lowest BCUT2D eigenvalue weighted by molar-refractivity contribution is 0.0696. The Morgan fingerprint density at radius 1 is 1.35 bits per heavy atom. The fourth-order valence-corrected chi connectivity index (χ4v) is 4.15. The third kappa shape index (κ3) is 4.10. The quantitative estimate of drug-likeness (QED) is 0.882. The van der Waals surface area contributed by atoms with Crippen LogP contribution in [0, 0.1) is 12.8 Å². The number of benzene rings is 1. The van der Waals surface area contributed by atoms with Gasteiger partial charge in [0.1, 0.15) is 0 Å². The average molecular weight is 340 g/mol. The van der Waals surface area contributed by atoms with E-state index in [1.54, 1.807) is 20.0 Å². The molecule has 0 aliphatic carbocycles. The minimum Gasteiger partial charge on any atom is -0.478 e. The average Bonchev–Trinajstić information content (AvgIpc) is 2.49.